The Morgan fingerprint density at radius 3 is 2.95 bits per heavy atom. The van der Waals surface area contributed by atoms with Crippen molar-refractivity contribution in [1.29, 1.82) is 0 Å². The first kappa shape index (κ1) is 14.5. The summed E-state index contributed by atoms with van der Waals surface area (Å²) in [5, 5.41) is 6.40. The van der Waals surface area contributed by atoms with Crippen molar-refractivity contribution in [3.05, 3.63) is 35.6 Å². The van der Waals surface area contributed by atoms with Gasteiger partial charge in [-0.05, 0) is 25.5 Å². The molecule has 2 rings (SSSR count). The maximum absolute atomic E-state index is 11.7. The SMILES string of the molecule is Cc1cc(NC(=O)CCSc2cccc(C)c2N)no1. The standard InChI is InChI=1S/C14H17N3O2S/c1-9-4-3-5-11(14(9)15)20-7-6-13(18)16-12-8-10(2)19-17-12/h3-5,8H,6-7,15H2,1-2H3,(H,16,17,18). The first-order valence-corrected chi connectivity index (χ1v) is 7.26. The van der Waals surface area contributed by atoms with Crippen molar-refractivity contribution in [3.63, 3.8) is 0 Å². The van der Waals surface area contributed by atoms with E-state index in [0.717, 1.165) is 16.1 Å². The summed E-state index contributed by atoms with van der Waals surface area (Å²) < 4.78 is 4.88. The molecule has 0 aliphatic rings. The Bertz CT molecular complexity index is 610. The van der Waals surface area contributed by atoms with Crippen LogP contribution in [0.15, 0.2) is 33.7 Å². The zero-order valence-electron chi connectivity index (χ0n) is 11.5. The molecule has 20 heavy (non-hydrogen) atoms. The smallest absolute Gasteiger partial charge is 0.226 e. The molecule has 3 N–H and O–H groups in total. The lowest BCUT2D eigenvalue weighted by Gasteiger charge is -2.07. The second-order valence-electron chi connectivity index (χ2n) is 4.46. The van der Waals surface area contributed by atoms with Crippen molar-refractivity contribution in [2.24, 2.45) is 0 Å². The molecule has 1 aromatic heterocycles. The number of aromatic nitrogens is 1. The molecule has 0 aliphatic heterocycles. The second kappa shape index (κ2) is 6.47. The van der Waals surface area contributed by atoms with Gasteiger partial charge in [0.25, 0.3) is 0 Å². The number of nitrogen functional groups attached to an aromatic ring is 1. The second-order valence-corrected chi connectivity index (χ2v) is 5.59. The van der Waals surface area contributed by atoms with Gasteiger partial charge in [0.1, 0.15) is 5.76 Å². The molecule has 0 spiro atoms. The fraction of sp³-hybridized carbons (Fsp3) is 0.286. The summed E-state index contributed by atoms with van der Waals surface area (Å²) in [4.78, 5) is 12.7. The van der Waals surface area contributed by atoms with Crippen LogP contribution >= 0.6 is 11.8 Å². The molecule has 1 aromatic carbocycles. The lowest BCUT2D eigenvalue weighted by atomic mass is 10.2. The summed E-state index contributed by atoms with van der Waals surface area (Å²) in [5.41, 5.74) is 7.82. The molecule has 5 nitrogen and oxygen atoms in total. The van der Waals surface area contributed by atoms with Crippen molar-refractivity contribution in [2.75, 3.05) is 16.8 Å². The number of rotatable bonds is 5. The van der Waals surface area contributed by atoms with E-state index in [-0.39, 0.29) is 5.91 Å². The molecular weight excluding hydrogens is 274 g/mol. The maximum atomic E-state index is 11.7. The third-order valence-corrected chi connectivity index (χ3v) is 3.84. The number of benzene rings is 1. The van der Waals surface area contributed by atoms with E-state index in [1.807, 2.05) is 25.1 Å². The summed E-state index contributed by atoms with van der Waals surface area (Å²) in [6.07, 6.45) is 0.393. The van der Waals surface area contributed by atoms with E-state index < -0.39 is 0 Å². The Labute approximate surface area is 121 Å². The Morgan fingerprint density at radius 2 is 2.25 bits per heavy atom. The highest BCUT2D eigenvalue weighted by Gasteiger charge is 2.07. The number of nitrogens with one attached hydrogen (secondary N) is 1. The van der Waals surface area contributed by atoms with E-state index in [4.69, 9.17) is 10.3 Å². The molecule has 0 radical (unpaired) electrons. The molecule has 0 saturated heterocycles. The van der Waals surface area contributed by atoms with Crippen LogP contribution in [-0.4, -0.2) is 16.8 Å². The average molecular weight is 291 g/mol. The van der Waals surface area contributed by atoms with Crippen LogP contribution < -0.4 is 11.1 Å². The van der Waals surface area contributed by atoms with Crippen LogP contribution in [0.4, 0.5) is 11.5 Å². The van der Waals surface area contributed by atoms with Gasteiger partial charge in [0, 0.05) is 28.8 Å². The topological polar surface area (TPSA) is 81.2 Å². The molecule has 0 aliphatic carbocycles. The summed E-state index contributed by atoms with van der Waals surface area (Å²) in [6, 6.07) is 7.58. The van der Waals surface area contributed by atoms with E-state index in [1.165, 1.54) is 0 Å². The number of aryl methyl sites for hydroxylation is 2. The molecule has 106 valence electrons. The van der Waals surface area contributed by atoms with Gasteiger partial charge in [-0.15, -0.1) is 11.8 Å². The Balaban J connectivity index is 1.81. The van der Waals surface area contributed by atoms with E-state index in [2.05, 4.69) is 10.5 Å². The quantitative estimate of drug-likeness (QED) is 0.654. The van der Waals surface area contributed by atoms with Gasteiger partial charge in [0.05, 0.1) is 0 Å². The van der Waals surface area contributed by atoms with Crippen LogP contribution in [0.25, 0.3) is 0 Å². The van der Waals surface area contributed by atoms with Crippen molar-refractivity contribution in [3.8, 4) is 0 Å². The molecular formula is C14H17N3O2S. The first-order valence-electron chi connectivity index (χ1n) is 6.27. The summed E-state index contributed by atoms with van der Waals surface area (Å²) >= 11 is 1.58. The van der Waals surface area contributed by atoms with Gasteiger partial charge in [0.2, 0.25) is 5.91 Å². The summed E-state index contributed by atoms with van der Waals surface area (Å²) in [6.45, 7) is 3.75. The fourth-order valence-corrected chi connectivity index (χ4v) is 2.66. The summed E-state index contributed by atoms with van der Waals surface area (Å²) in [7, 11) is 0. The van der Waals surface area contributed by atoms with Gasteiger partial charge < -0.3 is 15.6 Å². The predicted octanol–water partition coefficient (Wildman–Crippen LogP) is 2.99. The van der Waals surface area contributed by atoms with Gasteiger partial charge >= 0.3 is 0 Å². The van der Waals surface area contributed by atoms with Crippen LogP contribution in [0, 0.1) is 13.8 Å². The zero-order chi connectivity index (χ0) is 14.5. The monoisotopic (exact) mass is 291 g/mol. The van der Waals surface area contributed by atoms with Crippen molar-refractivity contribution >= 4 is 29.2 Å². The highest BCUT2D eigenvalue weighted by atomic mass is 32.2. The van der Waals surface area contributed by atoms with Gasteiger partial charge in [-0.25, -0.2) is 0 Å². The number of carbonyl (C=O) groups excluding carboxylic acids is 1. The number of amides is 1. The highest BCUT2D eigenvalue weighted by Crippen LogP contribution is 2.27. The molecule has 1 heterocycles. The first-order chi connectivity index (χ1) is 9.56. The van der Waals surface area contributed by atoms with Crippen LogP contribution in [-0.2, 0) is 4.79 Å². The number of carbonyl (C=O) groups is 1. The lowest BCUT2D eigenvalue weighted by molar-refractivity contribution is -0.115. The van der Waals surface area contributed by atoms with E-state index in [0.29, 0.717) is 23.8 Å². The number of para-hydroxylation sites is 1. The van der Waals surface area contributed by atoms with Crippen molar-refractivity contribution in [1.82, 2.24) is 5.16 Å². The summed E-state index contributed by atoms with van der Waals surface area (Å²) in [5.74, 6) is 1.70. The predicted molar refractivity (Wildman–Crippen MR) is 80.8 cm³/mol. The third-order valence-electron chi connectivity index (χ3n) is 2.77. The number of hydrogen-bond donors (Lipinski definition) is 2. The number of hydrogen-bond acceptors (Lipinski definition) is 5. The molecule has 0 atom stereocenters. The number of anilines is 2. The van der Waals surface area contributed by atoms with Gasteiger partial charge in [-0.1, -0.05) is 17.3 Å². The maximum Gasteiger partial charge on any atom is 0.226 e. The minimum Gasteiger partial charge on any atom is -0.398 e. The van der Waals surface area contributed by atoms with Crippen LogP contribution in [0.1, 0.15) is 17.7 Å². The molecule has 6 heteroatoms. The molecule has 1 amide bonds. The van der Waals surface area contributed by atoms with Gasteiger partial charge in [-0.2, -0.15) is 0 Å². The van der Waals surface area contributed by atoms with E-state index in [9.17, 15) is 4.79 Å². The van der Waals surface area contributed by atoms with Crippen LogP contribution in [0.3, 0.4) is 0 Å². The van der Waals surface area contributed by atoms with Crippen molar-refractivity contribution in [2.45, 2.75) is 25.2 Å². The van der Waals surface area contributed by atoms with E-state index in [1.54, 1.807) is 24.8 Å². The Kier molecular flexibility index (Phi) is 4.68. The lowest BCUT2D eigenvalue weighted by Crippen LogP contribution is -2.12. The van der Waals surface area contributed by atoms with Gasteiger partial charge in [0.15, 0.2) is 5.82 Å². The van der Waals surface area contributed by atoms with Gasteiger partial charge in [-0.3, -0.25) is 4.79 Å². The largest absolute Gasteiger partial charge is 0.398 e. The molecule has 2 aromatic rings. The highest BCUT2D eigenvalue weighted by molar-refractivity contribution is 7.99. The number of nitrogens with two attached hydrogens (primary N) is 1. The average Bonchev–Trinajstić information content (AvgIpc) is 2.80. The Morgan fingerprint density at radius 1 is 1.45 bits per heavy atom. The zero-order valence-corrected chi connectivity index (χ0v) is 12.3. The van der Waals surface area contributed by atoms with E-state index >= 15 is 0 Å². The fourth-order valence-electron chi connectivity index (χ4n) is 1.66. The normalized spacial score (nSPS) is 10.5. The molecule has 0 bridgehead atoms. The third kappa shape index (κ3) is 3.77. The number of thioether (sulfide) groups is 1. The van der Waals surface area contributed by atoms with Crippen molar-refractivity contribution < 1.29 is 9.32 Å². The van der Waals surface area contributed by atoms with Crippen LogP contribution in [0.2, 0.25) is 0 Å². The molecule has 0 fully saturated rings. The molecule has 0 saturated carbocycles. The minimum absolute atomic E-state index is 0.0861. The Hall–Kier alpha value is -1.95. The molecule has 0 unspecified atom stereocenters. The number of nitrogens with zero attached hydrogens (tertiary/aromatic N) is 1. The minimum atomic E-state index is -0.0861. The van der Waals surface area contributed by atoms with Crippen LogP contribution in [0.5, 0.6) is 0 Å².